The van der Waals surface area contributed by atoms with Gasteiger partial charge in [-0.25, -0.2) is 4.68 Å². The van der Waals surface area contributed by atoms with Crippen molar-refractivity contribution in [3.8, 4) is 5.69 Å². The average Bonchev–Trinajstić information content (AvgIpc) is 3.07. The Hall–Kier alpha value is -2.43. The highest BCUT2D eigenvalue weighted by Gasteiger charge is 2.11. The van der Waals surface area contributed by atoms with Crippen LogP contribution in [0.3, 0.4) is 0 Å². The molecule has 2 rings (SSSR count). The van der Waals surface area contributed by atoms with E-state index >= 15 is 0 Å². The first-order valence-electron chi connectivity index (χ1n) is 7.91. The first kappa shape index (κ1) is 16.9. The highest BCUT2D eigenvalue weighted by Crippen LogP contribution is 2.18. The van der Waals surface area contributed by atoms with Gasteiger partial charge in [0.2, 0.25) is 0 Å². The molecular weight excluding hydrogens is 292 g/mol. The van der Waals surface area contributed by atoms with Gasteiger partial charge in [0.1, 0.15) is 0 Å². The molecule has 0 amide bonds. The van der Waals surface area contributed by atoms with E-state index in [2.05, 4.69) is 12.0 Å². The molecule has 5 heteroatoms. The van der Waals surface area contributed by atoms with Crippen LogP contribution in [0.2, 0.25) is 0 Å². The van der Waals surface area contributed by atoms with Crippen LogP contribution in [0.5, 0.6) is 0 Å². The van der Waals surface area contributed by atoms with E-state index in [9.17, 15) is 9.59 Å². The molecule has 1 aromatic heterocycles. The minimum atomic E-state index is -0.195. The Bertz CT molecular complexity index is 663. The molecule has 0 fully saturated rings. The number of aryl methyl sites for hydroxylation is 1. The van der Waals surface area contributed by atoms with Gasteiger partial charge in [-0.3, -0.25) is 9.59 Å². The molecule has 1 aromatic carbocycles. The fourth-order valence-electron chi connectivity index (χ4n) is 2.28. The number of ketones is 1. The summed E-state index contributed by atoms with van der Waals surface area (Å²) in [5.41, 5.74) is 2.29. The van der Waals surface area contributed by atoms with Gasteiger partial charge in [0.15, 0.2) is 5.78 Å². The van der Waals surface area contributed by atoms with Crippen LogP contribution in [-0.4, -0.2) is 28.1 Å². The predicted octanol–water partition coefficient (Wildman–Crippen LogP) is 3.35. The minimum absolute atomic E-state index is 0.0251. The van der Waals surface area contributed by atoms with Crippen molar-refractivity contribution in [2.45, 2.75) is 39.5 Å². The van der Waals surface area contributed by atoms with Crippen molar-refractivity contribution >= 4 is 11.8 Å². The van der Waals surface area contributed by atoms with Crippen LogP contribution in [0.15, 0.2) is 36.7 Å². The van der Waals surface area contributed by atoms with Gasteiger partial charge in [0, 0.05) is 24.4 Å². The van der Waals surface area contributed by atoms with E-state index in [1.54, 1.807) is 17.1 Å². The van der Waals surface area contributed by atoms with Gasteiger partial charge in [-0.1, -0.05) is 19.4 Å². The first-order chi connectivity index (χ1) is 11.1. The second kappa shape index (κ2) is 8.27. The van der Waals surface area contributed by atoms with Crippen molar-refractivity contribution in [3.63, 3.8) is 0 Å². The topological polar surface area (TPSA) is 61.2 Å². The third kappa shape index (κ3) is 4.77. The second-order valence-electron chi connectivity index (χ2n) is 5.43. The number of esters is 1. The van der Waals surface area contributed by atoms with Gasteiger partial charge < -0.3 is 4.74 Å². The number of Topliss-reactive ketones (excluding diaryl/α,β-unsaturated/α-hetero) is 1. The van der Waals surface area contributed by atoms with Crippen molar-refractivity contribution in [1.29, 1.82) is 0 Å². The van der Waals surface area contributed by atoms with Crippen molar-refractivity contribution < 1.29 is 14.3 Å². The van der Waals surface area contributed by atoms with Crippen LogP contribution < -0.4 is 0 Å². The highest BCUT2D eigenvalue weighted by molar-refractivity contribution is 5.97. The zero-order valence-corrected chi connectivity index (χ0v) is 13.6. The number of unbranched alkanes of at least 4 members (excludes halogenated alkanes) is 1. The highest BCUT2D eigenvalue weighted by atomic mass is 16.5. The molecule has 0 N–H and O–H groups in total. The van der Waals surface area contributed by atoms with E-state index in [4.69, 9.17) is 4.74 Å². The number of ether oxygens (including phenoxy) is 1. The molecule has 0 unspecified atom stereocenters. The Balaban J connectivity index is 2.05. The van der Waals surface area contributed by atoms with Gasteiger partial charge in [0.05, 0.1) is 12.3 Å². The molecule has 0 aliphatic carbocycles. The van der Waals surface area contributed by atoms with Gasteiger partial charge >= 0.3 is 5.97 Å². The largest absolute Gasteiger partial charge is 0.466 e. The lowest BCUT2D eigenvalue weighted by Crippen LogP contribution is -2.08. The van der Waals surface area contributed by atoms with Crippen LogP contribution in [0.25, 0.3) is 5.69 Å². The van der Waals surface area contributed by atoms with E-state index in [1.165, 1.54) is 6.92 Å². The number of hydrogen-bond donors (Lipinski definition) is 0. The van der Waals surface area contributed by atoms with Crippen molar-refractivity contribution in [1.82, 2.24) is 9.78 Å². The van der Waals surface area contributed by atoms with Gasteiger partial charge in [-0.05, 0) is 43.5 Å². The normalized spacial score (nSPS) is 10.5. The maximum absolute atomic E-state index is 11.9. The van der Waals surface area contributed by atoms with Gasteiger partial charge in [-0.2, -0.15) is 5.10 Å². The Kier molecular flexibility index (Phi) is 6.09. The monoisotopic (exact) mass is 314 g/mol. The number of nitrogens with zero attached hydrogens (tertiary/aromatic N) is 2. The lowest BCUT2D eigenvalue weighted by molar-refractivity contribution is -0.143. The fourth-order valence-corrected chi connectivity index (χ4v) is 2.28. The number of carbonyl (C=O) groups excluding carboxylic acids is 2. The molecular formula is C18H22N2O3. The molecule has 1 heterocycles. The number of hydrogen-bond acceptors (Lipinski definition) is 4. The molecule has 0 saturated heterocycles. The van der Waals surface area contributed by atoms with E-state index in [0.717, 1.165) is 24.1 Å². The number of rotatable bonds is 8. The zero-order chi connectivity index (χ0) is 16.7. The number of carbonyl (C=O) groups is 2. The summed E-state index contributed by atoms with van der Waals surface area (Å²) in [6, 6.07) is 7.42. The number of benzene rings is 1. The summed E-state index contributed by atoms with van der Waals surface area (Å²) in [6.45, 7) is 4.07. The third-order valence-electron chi connectivity index (χ3n) is 3.57. The quantitative estimate of drug-likeness (QED) is 0.426. The summed E-state index contributed by atoms with van der Waals surface area (Å²) < 4.78 is 6.81. The third-order valence-corrected chi connectivity index (χ3v) is 3.57. The van der Waals surface area contributed by atoms with Crippen LogP contribution in [0.4, 0.5) is 0 Å². The Morgan fingerprint density at radius 1 is 1.30 bits per heavy atom. The average molecular weight is 314 g/mol. The van der Waals surface area contributed by atoms with Gasteiger partial charge in [0.25, 0.3) is 0 Å². The van der Waals surface area contributed by atoms with Crippen molar-refractivity contribution in [2.24, 2.45) is 0 Å². The Morgan fingerprint density at radius 3 is 2.78 bits per heavy atom. The summed E-state index contributed by atoms with van der Waals surface area (Å²) in [5, 5.41) is 4.17. The summed E-state index contributed by atoms with van der Waals surface area (Å²) in [5.74, 6) is -0.221. The molecule has 0 bridgehead atoms. The minimum Gasteiger partial charge on any atom is -0.466 e. The summed E-state index contributed by atoms with van der Waals surface area (Å²) in [4.78, 5) is 23.6. The van der Waals surface area contributed by atoms with Crippen molar-refractivity contribution in [2.75, 3.05) is 6.61 Å². The molecule has 23 heavy (non-hydrogen) atoms. The molecule has 0 saturated carbocycles. The standard InChI is InChI=1S/C18H22N2O3/c1-3-4-12-23-18(22)9-7-15-6-8-17(16(13-15)14(2)21)20-11-5-10-19-20/h5-6,8,10-11,13H,3-4,7,9,12H2,1-2H3. The van der Waals surface area contributed by atoms with E-state index in [-0.39, 0.29) is 11.8 Å². The van der Waals surface area contributed by atoms with Crippen LogP contribution in [0, 0.1) is 0 Å². The summed E-state index contributed by atoms with van der Waals surface area (Å²) in [6.07, 6.45) is 6.24. The molecule has 0 radical (unpaired) electrons. The molecule has 0 aliphatic heterocycles. The smallest absolute Gasteiger partial charge is 0.306 e. The molecule has 0 spiro atoms. The molecule has 0 aliphatic rings. The van der Waals surface area contributed by atoms with E-state index in [1.807, 2.05) is 24.3 Å². The first-order valence-corrected chi connectivity index (χ1v) is 7.91. The maximum atomic E-state index is 11.9. The molecule has 2 aromatic rings. The lowest BCUT2D eigenvalue weighted by atomic mass is 10.0. The lowest BCUT2D eigenvalue weighted by Gasteiger charge is -2.10. The van der Waals surface area contributed by atoms with Crippen LogP contribution in [-0.2, 0) is 16.0 Å². The van der Waals surface area contributed by atoms with E-state index in [0.29, 0.717) is 25.0 Å². The van der Waals surface area contributed by atoms with Gasteiger partial charge in [-0.15, -0.1) is 0 Å². The predicted molar refractivity (Wildman–Crippen MR) is 87.8 cm³/mol. The fraction of sp³-hybridized carbons (Fsp3) is 0.389. The Labute approximate surface area is 136 Å². The van der Waals surface area contributed by atoms with Crippen LogP contribution in [0.1, 0.15) is 49.0 Å². The SMILES string of the molecule is CCCCOC(=O)CCc1ccc(-n2cccn2)c(C(C)=O)c1. The maximum Gasteiger partial charge on any atom is 0.306 e. The molecule has 122 valence electrons. The van der Waals surface area contributed by atoms with Crippen molar-refractivity contribution in [3.05, 3.63) is 47.8 Å². The number of aromatic nitrogens is 2. The summed E-state index contributed by atoms with van der Waals surface area (Å²) in [7, 11) is 0. The van der Waals surface area contributed by atoms with E-state index < -0.39 is 0 Å². The van der Waals surface area contributed by atoms with Crippen LogP contribution >= 0.6 is 0 Å². The molecule has 5 nitrogen and oxygen atoms in total. The Morgan fingerprint density at radius 2 is 2.13 bits per heavy atom. The summed E-state index contributed by atoms with van der Waals surface area (Å²) >= 11 is 0. The zero-order valence-electron chi connectivity index (χ0n) is 13.6. The molecule has 0 atom stereocenters. The second-order valence-corrected chi connectivity index (χ2v) is 5.43.